The monoisotopic (exact) mass is 310 g/mol. The Labute approximate surface area is 132 Å². The van der Waals surface area contributed by atoms with Crippen LogP contribution in [0.15, 0.2) is 54.7 Å². The number of nitrogens with two attached hydrogens (primary N) is 1. The van der Waals surface area contributed by atoms with Crippen LogP contribution in [0.4, 0.5) is 4.39 Å². The standard InChI is InChI=1S/C18H15FN2O2/c1-11(18(20)22)23-14-5-2-4-12(8-14)13-9-15-16(19)6-3-7-17(15)21-10-13/h2-11H,1H3,(H2,20,22). The van der Waals surface area contributed by atoms with Crippen LogP contribution in [0.1, 0.15) is 6.92 Å². The highest BCUT2D eigenvalue weighted by atomic mass is 19.1. The number of pyridine rings is 1. The van der Waals surface area contributed by atoms with Crippen molar-refractivity contribution in [2.75, 3.05) is 0 Å². The molecule has 3 rings (SSSR count). The predicted octanol–water partition coefficient (Wildman–Crippen LogP) is 3.29. The number of carbonyl (C=O) groups excluding carboxylic acids is 1. The van der Waals surface area contributed by atoms with Gasteiger partial charge in [-0.25, -0.2) is 4.39 Å². The number of nitrogens with zero attached hydrogens (tertiary/aromatic N) is 1. The van der Waals surface area contributed by atoms with E-state index in [1.165, 1.54) is 6.07 Å². The summed E-state index contributed by atoms with van der Waals surface area (Å²) in [5, 5.41) is 0.460. The number of ether oxygens (including phenoxy) is 1. The zero-order valence-electron chi connectivity index (χ0n) is 12.5. The molecule has 0 radical (unpaired) electrons. The number of carbonyl (C=O) groups is 1. The highest BCUT2D eigenvalue weighted by Gasteiger charge is 2.11. The van der Waals surface area contributed by atoms with E-state index in [9.17, 15) is 9.18 Å². The molecular formula is C18H15FN2O2. The van der Waals surface area contributed by atoms with E-state index in [1.807, 2.05) is 6.07 Å². The van der Waals surface area contributed by atoms with Gasteiger partial charge in [-0.3, -0.25) is 9.78 Å². The Kier molecular flexibility index (Phi) is 3.93. The quantitative estimate of drug-likeness (QED) is 0.804. The molecular weight excluding hydrogens is 295 g/mol. The van der Waals surface area contributed by atoms with Crippen LogP contribution in [0.3, 0.4) is 0 Å². The minimum Gasteiger partial charge on any atom is -0.481 e. The van der Waals surface area contributed by atoms with Crippen molar-refractivity contribution < 1.29 is 13.9 Å². The van der Waals surface area contributed by atoms with Crippen LogP contribution in [0.2, 0.25) is 0 Å². The van der Waals surface area contributed by atoms with Crippen LogP contribution in [-0.4, -0.2) is 17.0 Å². The number of benzene rings is 2. The first-order chi connectivity index (χ1) is 11.0. The molecule has 0 spiro atoms. The summed E-state index contributed by atoms with van der Waals surface area (Å²) in [6, 6.07) is 13.7. The third kappa shape index (κ3) is 3.13. The lowest BCUT2D eigenvalue weighted by Gasteiger charge is -2.12. The van der Waals surface area contributed by atoms with Crippen molar-refractivity contribution in [3.63, 3.8) is 0 Å². The SMILES string of the molecule is CC(Oc1cccc(-c2cnc3cccc(F)c3c2)c1)C(N)=O. The zero-order chi connectivity index (χ0) is 16.4. The van der Waals surface area contributed by atoms with Gasteiger partial charge in [0, 0.05) is 17.1 Å². The lowest BCUT2D eigenvalue weighted by Crippen LogP contribution is -2.30. The van der Waals surface area contributed by atoms with E-state index in [4.69, 9.17) is 10.5 Å². The van der Waals surface area contributed by atoms with Crippen LogP contribution in [0, 0.1) is 5.82 Å². The minimum atomic E-state index is -0.725. The Balaban J connectivity index is 1.98. The summed E-state index contributed by atoms with van der Waals surface area (Å²) in [5.74, 6) is -0.334. The van der Waals surface area contributed by atoms with Crippen molar-refractivity contribution in [2.24, 2.45) is 5.73 Å². The molecule has 1 unspecified atom stereocenters. The van der Waals surface area contributed by atoms with E-state index in [0.29, 0.717) is 16.7 Å². The van der Waals surface area contributed by atoms with Gasteiger partial charge in [-0.2, -0.15) is 0 Å². The molecule has 0 fully saturated rings. The van der Waals surface area contributed by atoms with E-state index >= 15 is 0 Å². The molecule has 4 nitrogen and oxygen atoms in total. The first-order valence-electron chi connectivity index (χ1n) is 7.15. The lowest BCUT2D eigenvalue weighted by molar-refractivity contribution is -0.123. The summed E-state index contributed by atoms with van der Waals surface area (Å²) in [7, 11) is 0. The molecule has 0 saturated heterocycles. The number of fused-ring (bicyclic) bond motifs is 1. The van der Waals surface area contributed by atoms with Gasteiger partial charge < -0.3 is 10.5 Å². The molecule has 116 valence electrons. The summed E-state index contributed by atoms with van der Waals surface area (Å²) in [4.78, 5) is 15.4. The molecule has 0 bridgehead atoms. The van der Waals surface area contributed by atoms with E-state index in [2.05, 4.69) is 4.98 Å². The zero-order valence-corrected chi connectivity index (χ0v) is 12.5. The highest BCUT2D eigenvalue weighted by molar-refractivity contribution is 5.84. The van der Waals surface area contributed by atoms with Crippen molar-refractivity contribution in [3.05, 3.63) is 60.5 Å². The van der Waals surface area contributed by atoms with E-state index in [-0.39, 0.29) is 5.82 Å². The largest absolute Gasteiger partial charge is 0.481 e. The van der Waals surface area contributed by atoms with Gasteiger partial charge in [-0.05, 0) is 42.8 Å². The molecule has 1 atom stereocenters. The Bertz CT molecular complexity index is 880. The van der Waals surface area contributed by atoms with Crippen molar-refractivity contribution in [1.29, 1.82) is 0 Å². The molecule has 23 heavy (non-hydrogen) atoms. The first-order valence-corrected chi connectivity index (χ1v) is 7.15. The van der Waals surface area contributed by atoms with Crippen molar-refractivity contribution >= 4 is 16.8 Å². The molecule has 1 heterocycles. The molecule has 1 amide bonds. The minimum absolute atomic E-state index is 0.313. The van der Waals surface area contributed by atoms with E-state index < -0.39 is 12.0 Å². The van der Waals surface area contributed by atoms with Crippen LogP contribution in [-0.2, 0) is 4.79 Å². The average molecular weight is 310 g/mol. The number of primary amides is 1. The van der Waals surface area contributed by atoms with Crippen molar-refractivity contribution in [2.45, 2.75) is 13.0 Å². The van der Waals surface area contributed by atoms with Gasteiger partial charge in [0.15, 0.2) is 6.10 Å². The summed E-state index contributed by atoms with van der Waals surface area (Å²) in [5.41, 5.74) is 7.38. The van der Waals surface area contributed by atoms with Gasteiger partial charge in [0.1, 0.15) is 11.6 Å². The van der Waals surface area contributed by atoms with E-state index in [0.717, 1.165) is 11.1 Å². The smallest absolute Gasteiger partial charge is 0.258 e. The number of rotatable bonds is 4. The van der Waals surface area contributed by atoms with Crippen LogP contribution in [0.25, 0.3) is 22.0 Å². The Morgan fingerprint density at radius 1 is 1.17 bits per heavy atom. The van der Waals surface area contributed by atoms with Crippen LogP contribution in [0.5, 0.6) is 5.75 Å². The van der Waals surface area contributed by atoms with Crippen molar-refractivity contribution in [1.82, 2.24) is 4.98 Å². The average Bonchev–Trinajstić information content (AvgIpc) is 2.55. The number of hydrogen-bond donors (Lipinski definition) is 1. The molecule has 5 heteroatoms. The molecule has 2 N–H and O–H groups in total. The van der Waals surface area contributed by atoms with Crippen molar-refractivity contribution in [3.8, 4) is 16.9 Å². The first kappa shape index (κ1) is 15.0. The summed E-state index contributed by atoms with van der Waals surface area (Å²) in [6.45, 7) is 1.59. The normalized spacial score (nSPS) is 12.1. The summed E-state index contributed by atoms with van der Waals surface area (Å²) >= 11 is 0. The fraction of sp³-hybridized carbons (Fsp3) is 0.111. The van der Waals surface area contributed by atoms with Gasteiger partial charge in [0.2, 0.25) is 0 Å². The maximum absolute atomic E-state index is 13.9. The third-order valence-corrected chi connectivity index (χ3v) is 3.55. The fourth-order valence-electron chi connectivity index (χ4n) is 2.28. The predicted molar refractivity (Wildman–Crippen MR) is 86.4 cm³/mol. The highest BCUT2D eigenvalue weighted by Crippen LogP contribution is 2.27. The van der Waals surface area contributed by atoms with Gasteiger partial charge in [0.25, 0.3) is 5.91 Å². The Morgan fingerprint density at radius 3 is 2.74 bits per heavy atom. The van der Waals surface area contributed by atoms with Crippen LogP contribution >= 0.6 is 0 Å². The molecule has 0 aliphatic rings. The van der Waals surface area contributed by atoms with E-state index in [1.54, 1.807) is 49.5 Å². The Hall–Kier alpha value is -2.95. The Morgan fingerprint density at radius 2 is 1.96 bits per heavy atom. The van der Waals surface area contributed by atoms with Gasteiger partial charge >= 0.3 is 0 Å². The summed E-state index contributed by atoms with van der Waals surface area (Å²) in [6.07, 6.45) is 0.954. The molecule has 2 aromatic carbocycles. The number of amides is 1. The number of aromatic nitrogens is 1. The van der Waals surface area contributed by atoms with Crippen LogP contribution < -0.4 is 10.5 Å². The summed E-state index contributed by atoms with van der Waals surface area (Å²) < 4.78 is 19.4. The second-order valence-electron chi connectivity index (χ2n) is 5.22. The molecule has 0 saturated carbocycles. The third-order valence-electron chi connectivity index (χ3n) is 3.55. The molecule has 0 aliphatic carbocycles. The molecule has 1 aromatic heterocycles. The topological polar surface area (TPSA) is 65.2 Å². The molecule has 0 aliphatic heterocycles. The van der Waals surface area contributed by atoms with Gasteiger partial charge in [-0.1, -0.05) is 18.2 Å². The molecule has 3 aromatic rings. The lowest BCUT2D eigenvalue weighted by atomic mass is 10.0. The fourth-order valence-corrected chi connectivity index (χ4v) is 2.28. The van der Waals surface area contributed by atoms with Gasteiger partial charge in [-0.15, -0.1) is 0 Å². The number of halogens is 1. The number of hydrogen-bond acceptors (Lipinski definition) is 3. The second-order valence-corrected chi connectivity index (χ2v) is 5.22. The maximum atomic E-state index is 13.9. The second kappa shape index (κ2) is 6.04. The maximum Gasteiger partial charge on any atom is 0.258 e. The van der Waals surface area contributed by atoms with Gasteiger partial charge in [0.05, 0.1) is 5.52 Å².